The maximum Gasteiger partial charge on any atom is 0.524 e. The Balaban J connectivity index is 0. The molecular formula is C22H48NO6P. The van der Waals surface area contributed by atoms with Gasteiger partial charge < -0.3 is 20.1 Å². The minimum Gasteiger partial charge on any atom is -0.413 e. The predicted molar refractivity (Wildman–Crippen MR) is 124 cm³/mol. The van der Waals surface area contributed by atoms with E-state index in [0.29, 0.717) is 13.1 Å². The molecule has 0 aromatic carbocycles. The van der Waals surface area contributed by atoms with Gasteiger partial charge in [-0.1, -0.05) is 90.4 Å². The number of unbranched alkanes of at least 4 members (excludes halogenated alkanes) is 14. The summed E-state index contributed by atoms with van der Waals surface area (Å²) in [4.78, 5) is 17.0. The molecular weight excluding hydrogens is 405 g/mol. The van der Waals surface area contributed by atoms with Crippen molar-refractivity contribution in [3.63, 3.8) is 0 Å². The number of hydrogen-bond acceptors (Lipinski definition) is 5. The molecule has 0 atom stereocenters. The van der Waals surface area contributed by atoms with E-state index in [9.17, 15) is 4.57 Å². The predicted octanol–water partition coefficient (Wildman–Crippen LogP) is 5.04. The van der Waals surface area contributed by atoms with Gasteiger partial charge in [-0.2, -0.15) is 0 Å². The smallest absolute Gasteiger partial charge is 0.413 e. The van der Waals surface area contributed by atoms with Crippen LogP contribution in [0.15, 0.2) is 12.3 Å². The average molecular weight is 454 g/mol. The fraction of sp³-hybridized carbons (Fsp3) is 0.909. The van der Waals surface area contributed by atoms with Crippen LogP contribution in [0.1, 0.15) is 103 Å². The van der Waals surface area contributed by atoms with Crippen LogP contribution in [-0.4, -0.2) is 46.3 Å². The molecule has 0 aliphatic carbocycles. The van der Waals surface area contributed by atoms with Crippen LogP contribution < -0.4 is 5.32 Å². The minimum absolute atomic E-state index is 0.139. The summed E-state index contributed by atoms with van der Waals surface area (Å²) < 4.78 is 14.6. The summed E-state index contributed by atoms with van der Waals surface area (Å²) in [5.74, 6) is 0. The Labute approximate surface area is 184 Å². The molecule has 0 bridgehead atoms. The molecule has 0 aromatic heterocycles. The topological polar surface area (TPSA) is 119 Å². The van der Waals surface area contributed by atoms with Crippen molar-refractivity contribution in [2.24, 2.45) is 0 Å². The molecule has 5 N–H and O–H groups in total. The van der Waals surface area contributed by atoms with Crippen LogP contribution in [0.25, 0.3) is 0 Å². The largest absolute Gasteiger partial charge is 0.524 e. The molecule has 0 saturated heterocycles. The number of aliphatic hydroxyl groups excluding tert-OH is 2. The maximum atomic E-state index is 10.4. The summed E-state index contributed by atoms with van der Waals surface area (Å²) in [5, 5.41) is 19.1. The van der Waals surface area contributed by atoms with Gasteiger partial charge in [-0.15, -0.1) is 0 Å². The molecule has 7 nitrogen and oxygen atoms in total. The van der Waals surface area contributed by atoms with Crippen LogP contribution in [0, 0.1) is 0 Å². The van der Waals surface area contributed by atoms with Crippen molar-refractivity contribution in [2.45, 2.75) is 103 Å². The third kappa shape index (κ3) is 35.0. The summed E-state index contributed by atoms with van der Waals surface area (Å²) in [7, 11) is -4.34. The first-order valence-corrected chi connectivity index (χ1v) is 13.3. The second-order valence-corrected chi connectivity index (χ2v) is 8.74. The fourth-order valence-electron chi connectivity index (χ4n) is 2.93. The van der Waals surface area contributed by atoms with Gasteiger partial charge in [0.25, 0.3) is 0 Å². The van der Waals surface area contributed by atoms with E-state index in [4.69, 9.17) is 20.0 Å². The van der Waals surface area contributed by atoms with Gasteiger partial charge in [-0.25, -0.2) is 4.57 Å². The lowest BCUT2D eigenvalue weighted by Gasteiger charge is -2.03. The standard InChI is InChI=1S/C18H37O4P.C4H11NO2/c1-2-3-4-5-6-7-8-9-10-11-12-13-14-15-16-17-18-22-23(19,20)21;6-3-1-5-2-4-7/h17-18H,2-16H2,1H3,(H2,19,20,21);5-7H,1-4H2/b18-17+;. The molecule has 0 rings (SSSR count). The van der Waals surface area contributed by atoms with Gasteiger partial charge in [0.1, 0.15) is 0 Å². The average Bonchev–Trinajstić information content (AvgIpc) is 2.70. The Morgan fingerprint density at radius 3 is 1.50 bits per heavy atom. The van der Waals surface area contributed by atoms with E-state index in [2.05, 4.69) is 16.8 Å². The highest BCUT2D eigenvalue weighted by Crippen LogP contribution is 2.35. The van der Waals surface area contributed by atoms with E-state index in [1.807, 2.05) is 0 Å². The summed E-state index contributed by atoms with van der Waals surface area (Å²) in [6, 6.07) is 0. The highest BCUT2D eigenvalue weighted by Gasteiger charge is 2.10. The van der Waals surface area contributed by atoms with E-state index in [0.717, 1.165) is 19.1 Å². The number of phosphoric acid groups is 1. The van der Waals surface area contributed by atoms with Crippen molar-refractivity contribution >= 4 is 7.82 Å². The van der Waals surface area contributed by atoms with Gasteiger partial charge in [0.15, 0.2) is 0 Å². The van der Waals surface area contributed by atoms with E-state index >= 15 is 0 Å². The molecule has 0 aliphatic rings. The van der Waals surface area contributed by atoms with Crippen LogP contribution in [0.5, 0.6) is 0 Å². The van der Waals surface area contributed by atoms with Crippen molar-refractivity contribution in [3.8, 4) is 0 Å². The number of aliphatic hydroxyl groups is 2. The molecule has 0 saturated carbocycles. The van der Waals surface area contributed by atoms with Gasteiger partial charge in [0.2, 0.25) is 0 Å². The Kier molecular flexibility index (Phi) is 28.2. The zero-order valence-electron chi connectivity index (χ0n) is 19.1. The lowest BCUT2D eigenvalue weighted by Crippen LogP contribution is -2.21. The van der Waals surface area contributed by atoms with E-state index < -0.39 is 7.82 Å². The molecule has 0 heterocycles. The van der Waals surface area contributed by atoms with Crippen molar-refractivity contribution < 1.29 is 29.1 Å². The van der Waals surface area contributed by atoms with E-state index in [1.165, 1.54) is 83.5 Å². The summed E-state index contributed by atoms with van der Waals surface area (Å²) in [5.41, 5.74) is 0. The maximum absolute atomic E-state index is 10.4. The second-order valence-electron chi connectivity index (χ2n) is 7.55. The highest BCUT2D eigenvalue weighted by molar-refractivity contribution is 7.46. The SMILES string of the molecule is CCCCCCCCCCCCCCCC/C=C/OP(=O)(O)O.OCCNCCO. The third-order valence-electron chi connectivity index (χ3n) is 4.60. The molecule has 8 heteroatoms. The number of nitrogens with one attached hydrogen (secondary N) is 1. The fourth-order valence-corrected chi connectivity index (χ4v) is 3.17. The Morgan fingerprint density at radius 2 is 1.13 bits per heavy atom. The molecule has 0 aliphatic heterocycles. The lowest BCUT2D eigenvalue weighted by molar-refractivity contribution is 0.258. The number of rotatable bonds is 21. The van der Waals surface area contributed by atoms with Crippen molar-refractivity contribution in [1.29, 1.82) is 0 Å². The van der Waals surface area contributed by atoms with Crippen molar-refractivity contribution in [3.05, 3.63) is 12.3 Å². The van der Waals surface area contributed by atoms with Crippen molar-refractivity contribution in [2.75, 3.05) is 26.3 Å². The highest BCUT2D eigenvalue weighted by atomic mass is 31.2. The molecule has 0 spiro atoms. The number of phosphoric ester groups is 1. The van der Waals surface area contributed by atoms with E-state index in [-0.39, 0.29) is 13.2 Å². The van der Waals surface area contributed by atoms with Gasteiger partial charge in [0, 0.05) is 13.1 Å². The monoisotopic (exact) mass is 453 g/mol. The Bertz CT molecular complexity index is 386. The molecule has 0 aromatic rings. The minimum atomic E-state index is -4.34. The normalized spacial score (nSPS) is 11.5. The molecule has 0 unspecified atom stereocenters. The second kappa shape index (κ2) is 26.6. The Hall–Kier alpha value is -0.430. The van der Waals surface area contributed by atoms with Crippen LogP contribution in [0.2, 0.25) is 0 Å². The first-order chi connectivity index (χ1) is 14.5. The van der Waals surface area contributed by atoms with Crippen LogP contribution in [0.3, 0.4) is 0 Å². The van der Waals surface area contributed by atoms with Gasteiger partial charge >= 0.3 is 7.82 Å². The first kappa shape index (κ1) is 31.8. The van der Waals surface area contributed by atoms with E-state index in [1.54, 1.807) is 6.08 Å². The molecule has 182 valence electrons. The van der Waals surface area contributed by atoms with Gasteiger partial charge in [0.05, 0.1) is 19.5 Å². The molecule has 0 amide bonds. The van der Waals surface area contributed by atoms with Crippen LogP contribution in [0.4, 0.5) is 0 Å². The van der Waals surface area contributed by atoms with Gasteiger partial charge in [-0.05, 0) is 18.9 Å². The molecule has 0 fully saturated rings. The van der Waals surface area contributed by atoms with Crippen molar-refractivity contribution in [1.82, 2.24) is 5.32 Å². The number of allylic oxidation sites excluding steroid dienone is 1. The summed E-state index contributed by atoms with van der Waals surface area (Å²) in [6.07, 6.45) is 22.3. The lowest BCUT2D eigenvalue weighted by atomic mass is 10.0. The first-order valence-electron chi connectivity index (χ1n) is 11.8. The number of hydrogen-bond donors (Lipinski definition) is 5. The quantitative estimate of drug-likeness (QED) is 0.0938. The van der Waals surface area contributed by atoms with Crippen LogP contribution in [-0.2, 0) is 9.09 Å². The summed E-state index contributed by atoms with van der Waals surface area (Å²) in [6.45, 7) is 3.68. The summed E-state index contributed by atoms with van der Waals surface area (Å²) >= 11 is 0. The molecule has 0 radical (unpaired) electrons. The zero-order valence-corrected chi connectivity index (χ0v) is 20.0. The Morgan fingerprint density at radius 1 is 0.733 bits per heavy atom. The zero-order chi connectivity index (χ0) is 22.8. The molecule has 30 heavy (non-hydrogen) atoms. The third-order valence-corrected chi connectivity index (χ3v) is 4.99. The van der Waals surface area contributed by atoms with Crippen LogP contribution >= 0.6 is 7.82 Å². The van der Waals surface area contributed by atoms with Gasteiger partial charge in [-0.3, -0.25) is 9.79 Å².